The number of amidine groups is 1. The van der Waals surface area contributed by atoms with Crippen molar-refractivity contribution in [3.63, 3.8) is 0 Å². The van der Waals surface area contributed by atoms with Crippen LogP contribution in [0, 0.1) is 0 Å². The summed E-state index contributed by atoms with van der Waals surface area (Å²) in [6.45, 7) is 4.31. The average molecular weight is 228 g/mol. The minimum atomic E-state index is 0.724. The molecule has 1 N–H and O–H groups in total. The Morgan fingerprint density at radius 3 is 3.12 bits per heavy atom. The molecule has 4 heteroatoms. The molecule has 1 aliphatic heterocycles. The molecule has 0 amide bonds. The number of benzene rings is 1. The molecule has 0 spiro atoms. The monoisotopic (exact) mass is 228 g/mol. The Balaban J connectivity index is 1.96. The summed E-state index contributed by atoms with van der Waals surface area (Å²) in [5, 5.41) is 0. The number of likely N-dealkylation sites (tertiary alicyclic amines) is 1. The quantitative estimate of drug-likeness (QED) is 0.858. The second-order valence-corrected chi connectivity index (χ2v) is 4.29. The van der Waals surface area contributed by atoms with Gasteiger partial charge >= 0.3 is 0 Å². The third-order valence-corrected chi connectivity index (χ3v) is 3.19. The lowest BCUT2D eigenvalue weighted by molar-refractivity contribution is 0.479. The molecule has 2 heterocycles. The Labute approximate surface area is 100 Å². The highest BCUT2D eigenvalue weighted by molar-refractivity contribution is 5.87. The zero-order valence-corrected chi connectivity index (χ0v) is 9.98. The van der Waals surface area contributed by atoms with Gasteiger partial charge in [0.2, 0.25) is 5.95 Å². The van der Waals surface area contributed by atoms with Crippen LogP contribution >= 0.6 is 0 Å². The molecule has 1 saturated heterocycles. The summed E-state index contributed by atoms with van der Waals surface area (Å²) in [6.07, 6.45) is 2.26. The lowest BCUT2D eigenvalue weighted by Gasteiger charge is -2.14. The summed E-state index contributed by atoms with van der Waals surface area (Å²) in [5.41, 5.74) is 2.03. The molecule has 4 nitrogen and oxygen atoms in total. The first kappa shape index (κ1) is 10.3. The Hall–Kier alpha value is -1.84. The smallest absolute Gasteiger partial charge is 0.229 e. The number of nitrogens with one attached hydrogen (secondary N) is 1. The van der Waals surface area contributed by atoms with Gasteiger partial charge in [-0.05, 0) is 25.5 Å². The van der Waals surface area contributed by atoms with Crippen molar-refractivity contribution in [3.05, 3.63) is 24.3 Å². The van der Waals surface area contributed by atoms with Crippen LogP contribution in [0.5, 0.6) is 0 Å². The fourth-order valence-corrected chi connectivity index (χ4v) is 2.30. The van der Waals surface area contributed by atoms with E-state index >= 15 is 0 Å². The van der Waals surface area contributed by atoms with Gasteiger partial charge in [-0.1, -0.05) is 12.1 Å². The minimum Gasteiger partial charge on any atom is -0.360 e. The maximum Gasteiger partial charge on any atom is 0.229 e. The molecule has 17 heavy (non-hydrogen) atoms. The van der Waals surface area contributed by atoms with Crippen molar-refractivity contribution in [1.82, 2.24) is 14.9 Å². The predicted octanol–water partition coefficient (Wildman–Crippen LogP) is 2.71. The maximum atomic E-state index is 4.62. The Bertz CT molecular complexity index is 522. The predicted molar refractivity (Wildman–Crippen MR) is 69.7 cm³/mol. The standard InChI is InChI=1S/C13H16N4/c1-2-17-9-5-8-12(17)16-13-14-10-6-3-4-7-11(10)15-13/h3-4,6-7H,2,5,8-9H2,1H3,(H,14,15)/b16-12-. The second-order valence-electron chi connectivity index (χ2n) is 4.29. The van der Waals surface area contributed by atoms with Crippen LogP contribution in [0.2, 0.25) is 0 Å². The van der Waals surface area contributed by atoms with Crippen molar-refractivity contribution in [1.29, 1.82) is 0 Å². The number of H-pyrrole nitrogens is 1. The van der Waals surface area contributed by atoms with Crippen LogP contribution in [0.1, 0.15) is 19.8 Å². The van der Waals surface area contributed by atoms with Gasteiger partial charge in [0.1, 0.15) is 5.84 Å². The van der Waals surface area contributed by atoms with Gasteiger partial charge in [-0.2, -0.15) is 4.99 Å². The normalized spacial score (nSPS) is 18.4. The van der Waals surface area contributed by atoms with Crippen molar-refractivity contribution in [2.24, 2.45) is 4.99 Å². The highest BCUT2D eigenvalue weighted by Gasteiger charge is 2.17. The van der Waals surface area contributed by atoms with E-state index in [0.29, 0.717) is 0 Å². The molecule has 1 aromatic carbocycles. The number of hydrogen-bond acceptors (Lipinski definition) is 2. The summed E-state index contributed by atoms with van der Waals surface area (Å²) in [4.78, 5) is 14.7. The number of imidazole rings is 1. The number of nitrogens with zero attached hydrogens (tertiary/aromatic N) is 3. The molecule has 0 unspecified atom stereocenters. The van der Waals surface area contributed by atoms with Crippen molar-refractivity contribution in [2.45, 2.75) is 19.8 Å². The zero-order chi connectivity index (χ0) is 11.7. The molecule has 3 rings (SSSR count). The molecule has 1 fully saturated rings. The molecule has 1 aliphatic rings. The number of para-hydroxylation sites is 2. The molecule has 0 aliphatic carbocycles. The SMILES string of the molecule is CCN1CCC/C1=N/c1nc2ccccc2[nH]1. The van der Waals surface area contributed by atoms with E-state index in [-0.39, 0.29) is 0 Å². The minimum absolute atomic E-state index is 0.724. The van der Waals surface area contributed by atoms with Crippen LogP contribution in [0.4, 0.5) is 5.95 Å². The summed E-state index contributed by atoms with van der Waals surface area (Å²) >= 11 is 0. The summed E-state index contributed by atoms with van der Waals surface area (Å²) in [7, 11) is 0. The zero-order valence-electron chi connectivity index (χ0n) is 9.98. The van der Waals surface area contributed by atoms with Gasteiger partial charge in [0.15, 0.2) is 0 Å². The van der Waals surface area contributed by atoms with Gasteiger partial charge in [0.25, 0.3) is 0 Å². The number of hydrogen-bond donors (Lipinski definition) is 1. The van der Waals surface area contributed by atoms with E-state index in [4.69, 9.17) is 0 Å². The number of fused-ring (bicyclic) bond motifs is 1. The van der Waals surface area contributed by atoms with Gasteiger partial charge in [0, 0.05) is 19.5 Å². The summed E-state index contributed by atoms with van der Waals surface area (Å²) in [5.74, 6) is 1.88. The van der Waals surface area contributed by atoms with Crippen LogP contribution in [0.15, 0.2) is 29.3 Å². The maximum absolute atomic E-state index is 4.62. The van der Waals surface area contributed by atoms with Gasteiger partial charge < -0.3 is 9.88 Å². The van der Waals surface area contributed by atoms with E-state index < -0.39 is 0 Å². The number of aromatic nitrogens is 2. The third kappa shape index (κ3) is 1.90. The molecular formula is C13H16N4. The summed E-state index contributed by atoms with van der Waals surface area (Å²) < 4.78 is 0. The molecular weight excluding hydrogens is 212 g/mol. The van der Waals surface area contributed by atoms with Crippen LogP contribution in [-0.4, -0.2) is 33.8 Å². The van der Waals surface area contributed by atoms with Crippen LogP contribution in [0.25, 0.3) is 11.0 Å². The second kappa shape index (κ2) is 4.20. The van der Waals surface area contributed by atoms with Crippen molar-refractivity contribution in [2.75, 3.05) is 13.1 Å². The van der Waals surface area contributed by atoms with Crippen LogP contribution in [0.3, 0.4) is 0 Å². The first-order chi connectivity index (χ1) is 8.36. The average Bonchev–Trinajstić information content (AvgIpc) is 2.94. The van der Waals surface area contributed by atoms with Gasteiger partial charge in [-0.15, -0.1) is 0 Å². The van der Waals surface area contributed by atoms with E-state index in [2.05, 4.69) is 26.8 Å². The lowest BCUT2D eigenvalue weighted by atomic mass is 10.3. The fraction of sp³-hybridized carbons (Fsp3) is 0.385. The van der Waals surface area contributed by atoms with Gasteiger partial charge in [-0.3, -0.25) is 0 Å². The topological polar surface area (TPSA) is 44.3 Å². The largest absolute Gasteiger partial charge is 0.360 e. The highest BCUT2D eigenvalue weighted by atomic mass is 15.2. The molecule has 0 bridgehead atoms. The first-order valence-electron chi connectivity index (χ1n) is 6.14. The highest BCUT2D eigenvalue weighted by Crippen LogP contribution is 2.19. The van der Waals surface area contributed by atoms with E-state index in [9.17, 15) is 0 Å². The van der Waals surface area contributed by atoms with Gasteiger partial charge in [0.05, 0.1) is 11.0 Å². The molecule has 0 saturated carbocycles. The molecule has 0 atom stereocenters. The van der Waals surface area contributed by atoms with Crippen molar-refractivity contribution >= 4 is 22.8 Å². The lowest BCUT2D eigenvalue weighted by Crippen LogP contribution is -2.23. The summed E-state index contributed by atoms with van der Waals surface area (Å²) in [6, 6.07) is 8.03. The van der Waals surface area contributed by atoms with E-state index in [1.54, 1.807) is 0 Å². The van der Waals surface area contributed by atoms with Crippen LogP contribution < -0.4 is 0 Å². The molecule has 88 valence electrons. The first-order valence-corrected chi connectivity index (χ1v) is 6.14. The molecule has 0 radical (unpaired) electrons. The number of aliphatic imine (C=N–C) groups is 1. The Morgan fingerprint density at radius 1 is 1.41 bits per heavy atom. The van der Waals surface area contributed by atoms with Crippen LogP contribution in [-0.2, 0) is 0 Å². The van der Waals surface area contributed by atoms with Gasteiger partial charge in [-0.25, -0.2) is 4.98 Å². The van der Waals surface area contributed by atoms with Crippen molar-refractivity contribution < 1.29 is 0 Å². The van der Waals surface area contributed by atoms with E-state index in [1.807, 2.05) is 24.3 Å². The molecule has 2 aromatic rings. The van der Waals surface area contributed by atoms with E-state index in [1.165, 1.54) is 6.42 Å². The molecule has 1 aromatic heterocycles. The Kier molecular flexibility index (Phi) is 2.55. The third-order valence-electron chi connectivity index (χ3n) is 3.19. The van der Waals surface area contributed by atoms with Crippen molar-refractivity contribution in [3.8, 4) is 0 Å². The number of rotatable bonds is 2. The van der Waals surface area contributed by atoms with E-state index in [0.717, 1.165) is 42.3 Å². The number of aromatic amines is 1. The fourth-order valence-electron chi connectivity index (χ4n) is 2.30. The Morgan fingerprint density at radius 2 is 2.29 bits per heavy atom.